The normalized spacial score (nSPS) is 15.1. The number of carbonyl (C=O) groups is 8. The van der Waals surface area contributed by atoms with Crippen molar-refractivity contribution < 1.29 is 53.0 Å². The number of likely N-dealkylation sites (tertiary alicyclic amines) is 1. The first-order valence-corrected chi connectivity index (χ1v) is 28.5. The van der Waals surface area contributed by atoms with Gasteiger partial charge in [0, 0.05) is 67.4 Å². The predicted octanol–water partition coefficient (Wildman–Crippen LogP) is 2.45. The lowest BCUT2D eigenvalue weighted by Gasteiger charge is -2.30. The number of halogens is 2. The van der Waals surface area contributed by atoms with Crippen LogP contribution in [0.1, 0.15) is 81.5 Å². The maximum atomic E-state index is 14.8. The van der Waals surface area contributed by atoms with E-state index in [1.54, 1.807) is 49.5 Å². The third-order valence-corrected chi connectivity index (χ3v) is 14.5. The zero-order valence-corrected chi connectivity index (χ0v) is 48.1. The largest absolute Gasteiger partial charge is 0.508 e. The fourth-order valence-electron chi connectivity index (χ4n) is 9.86. The molecule has 0 aliphatic carbocycles. The number of hydrogen-bond acceptors (Lipinski definition) is 11. The molecule has 7 atom stereocenters. The Morgan fingerprint density at radius 2 is 1.26 bits per heavy atom. The number of aromatic hydroxyl groups is 1. The number of aromatic nitrogens is 1. The van der Waals surface area contributed by atoms with Crippen molar-refractivity contribution >= 4 is 75.7 Å². The predicted molar refractivity (Wildman–Crippen MR) is 315 cm³/mol. The van der Waals surface area contributed by atoms with Crippen LogP contribution in [0.3, 0.4) is 0 Å². The van der Waals surface area contributed by atoms with E-state index in [1.165, 1.54) is 41.3 Å². The molecule has 14 N–H and O–H groups in total. The van der Waals surface area contributed by atoms with Gasteiger partial charge in [-0.05, 0) is 116 Å². The number of phenols is 1. The summed E-state index contributed by atoms with van der Waals surface area (Å²) in [6, 6.07) is 16.1. The molecule has 450 valence electrons. The number of aliphatic hydroxyl groups is 1. The molecule has 2 heterocycles. The number of fused-ring (bicyclic) bond motifs is 1. The summed E-state index contributed by atoms with van der Waals surface area (Å²) in [6.07, 6.45) is 2.82. The van der Waals surface area contributed by atoms with Crippen LogP contribution in [0, 0.1) is 11.7 Å². The van der Waals surface area contributed by atoms with E-state index in [-0.39, 0.29) is 88.0 Å². The zero-order valence-electron chi connectivity index (χ0n) is 47.3. The first-order chi connectivity index (χ1) is 40.2. The lowest BCUT2D eigenvalue weighted by atomic mass is 9.99. The molecule has 22 nitrogen and oxygen atoms in total. The molecule has 0 spiro atoms. The van der Waals surface area contributed by atoms with Gasteiger partial charge in [0.25, 0.3) is 0 Å². The Kier molecular flexibility index (Phi) is 24.4. The topological polar surface area (TPSA) is 345 Å². The number of aliphatic hydroxyl groups excluding tert-OH is 1. The third kappa shape index (κ3) is 19.5. The van der Waals surface area contributed by atoms with E-state index < -0.39 is 96.1 Å². The number of phenolic OH excluding ortho intramolecular Hbond substituents is 1. The second-order valence-electron chi connectivity index (χ2n) is 21.2. The molecule has 24 heteroatoms. The van der Waals surface area contributed by atoms with Crippen LogP contribution in [-0.4, -0.2) is 142 Å². The van der Waals surface area contributed by atoms with Crippen molar-refractivity contribution in [3.8, 4) is 5.75 Å². The highest BCUT2D eigenvalue weighted by molar-refractivity contribution is 6.30. The van der Waals surface area contributed by atoms with Crippen LogP contribution in [0.5, 0.6) is 5.75 Å². The molecule has 0 unspecified atom stereocenters. The zero-order chi connectivity index (χ0) is 60.9. The Morgan fingerprint density at radius 1 is 0.714 bits per heavy atom. The number of aryl methyl sites for hydroxylation is 1. The number of likely N-dealkylation sites (N-methyl/N-ethyl adjacent to an activating group) is 1. The Bertz CT molecular complexity index is 3080. The summed E-state index contributed by atoms with van der Waals surface area (Å²) in [5, 5.41) is 41.0. The summed E-state index contributed by atoms with van der Waals surface area (Å²) in [6.45, 7) is 5.23. The van der Waals surface area contributed by atoms with E-state index in [9.17, 15) is 53.0 Å². The van der Waals surface area contributed by atoms with Crippen molar-refractivity contribution in [1.29, 1.82) is 0 Å². The van der Waals surface area contributed by atoms with E-state index >= 15 is 0 Å². The Morgan fingerprint density at radius 3 is 1.87 bits per heavy atom. The SMILES string of the molecule is CCNC(=O)[C@@H]1CCCN1C(=O)[C@H](CCCN=C(N)N)NC(=O)[C@H](CC(C)C)NC(=O)[C@@H](Cc1ccc(Cl)cc1)NC(=O)[C@H](Cc1ccc(O)cc1)NC(=O)[C@H](CO)NC(=O)[C@H](Cc1c[nH]c2ccccc12)NC(=O)CCc1ccc(F)cc1. The molecule has 8 amide bonds. The van der Waals surface area contributed by atoms with Crippen molar-refractivity contribution in [2.45, 2.75) is 127 Å². The molecule has 0 saturated carbocycles. The van der Waals surface area contributed by atoms with Gasteiger partial charge < -0.3 is 68.8 Å². The van der Waals surface area contributed by atoms with Crippen LogP contribution < -0.4 is 48.7 Å². The van der Waals surface area contributed by atoms with Crippen LogP contribution in [0.2, 0.25) is 5.02 Å². The number of nitrogens with one attached hydrogen (secondary N) is 8. The molecule has 1 aromatic heterocycles. The van der Waals surface area contributed by atoms with Gasteiger partial charge >= 0.3 is 0 Å². The Hall–Kier alpha value is -8.57. The molecule has 1 saturated heterocycles. The van der Waals surface area contributed by atoms with Gasteiger partial charge in [-0.1, -0.05) is 80.0 Å². The van der Waals surface area contributed by atoms with E-state index in [0.29, 0.717) is 46.7 Å². The second-order valence-corrected chi connectivity index (χ2v) is 21.6. The molecule has 0 bridgehead atoms. The molecule has 1 aliphatic heterocycles. The van der Waals surface area contributed by atoms with Gasteiger partial charge in [-0.3, -0.25) is 43.3 Å². The number of amides is 8. The van der Waals surface area contributed by atoms with E-state index in [4.69, 9.17) is 23.1 Å². The molecule has 84 heavy (non-hydrogen) atoms. The number of aromatic amines is 1. The number of nitrogens with two attached hydrogens (primary N) is 2. The smallest absolute Gasteiger partial charge is 0.245 e. The number of guanidine groups is 1. The molecule has 5 aromatic rings. The maximum Gasteiger partial charge on any atom is 0.245 e. The van der Waals surface area contributed by atoms with E-state index in [2.05, 4.69) is 47.2 Å². The first-order valence-electron chi connectivity index (χ1n) is 28.1. The lowest BCUT2D eigenvalue weighted by Crippen LogP contribution is -2.61. The van der Waals surface area contributed by atoms with Crippen molar-refractivity contribution in [3.05, 3.63) is 136 Å². The van der Waals surface area contributed by atoms with Crippen LogP contribution >= 0.6 is 11.6 Å². The number of aliphatic imine (C=N–C) groups is 1. The van der Waals surface area contributed by atoms with Crippen molar-refractivity contribution in [3.63, 3.8) is 0 Å². The van der Waals surface area contributed by atoms with Crippen molar-refractivity contribution in [1.82, 2.24) is 47.1 Å². The average Bonchev–Trinajstić information content (AvgIpc) is 4.15. The molecule has 0 radical (unpaired) electrons. The Balaban J connectivity index is 1.24. The van der Waals surface area contributed by atoms with Gasteiger partial charge in [-0.25, -0.2) is 4.39 Å². The van der Waals surface area contributed by atoms with Gasteiger partial charge in [0.2, 0.25) is 47.3 Å². The first kappa shape index (κ1) is 64.6. The summed E-state index contributed by atoms with van der Waals surface area (Å²) in [5.41, 5.74) is 14.2. The van der Waals surface area contributed by atoms with E-state index in [1.807, 2.05) is 38.1 Å². The number of nitrogens with zero attached hydrogens (tertiary/aromatic N) is 2. The number of para-hydroxylation sites is 1. The highest BCUT2D eigenvalue weighted by Crippen LogP contribution is 2.22. The molecule has 1 fully saturated rings. The molecular weight excluding hydrogens is 1100 g/mol. The summed E-state index contributed by atoms with van der Waals surface area (Å²) >= 11 is 6.23. The number of H-pyrrole nitrogens is 1. The minimum atomic E-state index is -1.69. The van der Waals surface area contributed by atoms with Crippen LogP contribution in [0.25, 0.3) is 10.9 Å². The maximum absolute atomic E-state index is 14.8. The standard InChI is InChI=1S/C60H76ClFN12O10/c1-4-65-58(83)51-12-8-28-74(51)59(84)45(11-7-27-66-60(63)64)69-53(78)46(29-35(2)3)70-54(79)47(30-37-13-20-40(61)21-14-37)71-55(80)48(31-38-17-24-42(76)25-18-38)72-57(82)50(34-75)73-56(81)49(32-39-33-67-44-10-6-5-9-43(39)44)68-52(77)26-19-36-15-22-41(62)23-16-36/h5-6,9-10,13-18,20-25,33,35,45-51,67,75-76H,4,7-8,11-12,19,26-32,34H2,1-3H3,(H,65,83)(H,68,77)(H,69,78)(H,70,79)(H,71,80)(H,72,82)(H,73,81)(H4,63,64,66)/t45-,46-,47+,48-,49-,50-,51-/m0/s1. The number of hydrogen-bond donors (Lipinski definition) is 12. The van der Waals surface area contributed by atoms with Gasteiger partial charge in [0.15, 0.2) is 5.96 Å². The quantitative estimate of drug-likeness (QED) is 0.0179. The summed E-state index contributed by atoms with van der Waals surface area (Å²) in [5.74, 6) is -6.51. The molecular formula is C60H76ClFN12O10. The number of benzene rings is 4. The minimum Gasteiger partial charge on any atom is -0.508 e. The van der Waals surface area contributed by atoms with Gasteiger partial charge in [0.05, 0.1) is 6.61 Å². The minimum absolute atomic E-state index is 0.0435. The molecule has 4 aromatic carbocycles. The van der Waals surface area contributed by atoms with Crippen LogP contribution in [-0.2, 0) is 64.0 Å². The second kappa shape index (κ2) is 31.7. The average molecular weight is 1180 g/mol. The monoisotopic (exact) mass is 1180 g/mol. The summed E-state index contributed by atoms with van der Waals surface area (Å²) < 4.78 is 13.6. The third-order valence-electron chi connectivity index (χ3n) is 14.2. The van der Waals surface area contributed by atoms with E-state index in [0.717, 1.165) is 10.9 Å². The highest BCUT2D eigenvalue weighted by atomic mass is 35.5. The number of carbonyl (C=O) groups excluding carboxylic acids is 8. The fraction of sp³-hybridized carbons (Fsp3) is 0.417. The molecule has 1 aliphatic rings. The molecule has 6 rings (SSSR count). The Labute approximate surface area is 491 Å². The van der Waals surface area contributed by atoms with Gasteiger partial charge in [0.1, 0.15) is 53.9 Å². The fourth-order valence-corrected chi connectivity index (χ4v) is 9.99. The van der Waals surface area contributed by atoms with Gasteiger partial charge in [-0.2, -0.15) is 0 Å². The lowest BCUT2D eigenvalue weighted by molar-refractivity contribution is -0.142. The highest BCUT2D eigenvalue weighted by Gasteiger charge is 2.39. The van der Waals surface area contributed by atoms with Crippen LogP contribution in [0.4, 0.5) is 4.39 Å². The van der Waals surface area contributed by atoms with Gasteiger partial charge in [-0.15, -0.1) is 0 Å². The summed E-state index contributed by atoms with van der Waals surface area (Å²) in [7, 11) is 0. The number of rotatable bonds is 30. The van der Waals surface area contributed by atoms with Crippen LogP contribution in [0.15, 0.2) is 108 Å². The summed E-state index contributed by atoms with van der Waals surface area (Å²) in [4.78, 5) is 122. The van der Waals surface area contributed by atoms with Crippen molar-refractivity contribution in [2.24, 2.45) is 22.4 Å². The van der Waals surface area contributed by atoms with Crippen molar-refractivity contribution in [2.75, 3.05) is 26.2 Å².